The summed E-state index contributed by atoms with van der Waals surface area (Å²) < 4.78 is 25.5. The molecule has 9 heteroatoms. The van der Waals surface area contributed by atoms with Crippen molar-refractivity contribution in [2.75, 3.05) is 29.6 Å². The maximum absolute atomic E-state index is 12.8. The highest BCUT2D eigenvalue weighted by Crippen LogP contribution is 2.24. The molecule has 0 unspecified atom stereocenters. The van der Waals surface area contributed by atoms with Gasteiger partial charge >= 0.3 is 0 Å². The molecule has 1 aliphatic rings. The Balaban J connectivity index is 1.55. The molecular formula is C22H23ClN4O3S. The van der Waals surface area contributed by atoms with E-state index in [9.17, 15) is 13.2 Å². The third kappa shape index (κ3) is 4.75. The second-order valence-electron chi connectivity index (χ2n) is 7.71. The van der Waals surface area contributed by atoms with Crippen molar-refractivity contribution in [3.8, 4) is 5.82 Å². The number of nitrogens with zero attached hydrogens (tertiary/aromatic N) is 3. The number of carbonyl (C=O) groups excluding carboxylic acids is 1. The Morgan fingerprint density at radius 1 is 1.13 bits per heavy atom. The summed E-state index contributed by atoms with van der Waals surface area (Å²) in [6.07, 6.45) is 7.07. The number of carbonyl (C=O) groups is 1. The molecule has 0 radical (unpaired) electrons. The minimum atomic E-state index is -3.45. The minimum absolute atomic E-state index is 0.0475. The Labute approximate surface area is 186 Å². The normalized spacial score (nSPS) is 14.1. The van der Waals surface area contributed by atoms with Crippen molar-refractivity contribution in [3.63, 3.8) is 0 Å². The Kier molecular flexibility index (Phi) is 5.77. The van der Waals surface area contributed by atoms with Crippen LogP contribution in [0.25, 0.3) is 5.82 Å². The molecule has 7 nitrogen and oxygen atoms in total. The lowest BCUT2D eigenvalue weighted by atomic mass is 10.2. The number of amides is 1. The lowest BCUT2D eigenvalue weighted by Crippen LogP contribution is -2.17. The lowest BCUT2D eigenvalue weighted by Gasteiger charge is -2.17. The van der Waals surface area contributed by atoms with E-state index in [2.05, 4.69) is 15.2 Å². The van der Waals surface area contributed by atoms with Gasteiger partial charge in [0, 0.05) is 41.9 Å². The summed E-state index contributed by atoms with van der Waals surface area (Å²) >= 11 is 6.02. The van der Waals surface area contributed by atoms with Crippen molar-refractivity contribution in [2.45, 2.75) is 24.7 Å². The van der Waals surface area contributed by atoms with Gasteiger partial charge in [-0.05, 0) is 56.2 Å². The third-order valence-corrected chi connectivity index (χ3v) is 6.59. The summed E-state index contributed by atoms with van der Waals surface area (Å²) in [6.45, 7) is 4.00. The molecule has 0 aliphatic carbocycles. The van der Waals surface area contributed by atoms with Crippen LogP contribution >= 0.6 is 11.6 Å². The van der Waals surface area contributed by atoms with Gasteiger partial charge in [-0.3, -0.25) is 4.79 Å². The van der Waals surface area contributed by atoms with Crippen molar-refractivity contribution in [1.82, 2.24) is 9.55 Å². The van der Waals surface area contributed by atoms with Gasteiger partial charge in [0.1, 0.15) is 5.82 Å². The van der Waals surface area contributed by atoms with Gasteiger partial charge in [0.2, 0.25) is 0 Å². The SMILES string of the molecule is Cc1cc(C(=O)Nc2cc(Cl)cc(S(C)(=O)=O)c2)cn1-c1ccc(N2CCCC2)cn1. The highest BCUT2D eigenvalue weighted by atomic mass is 35.5. The van der Waals surface area contributed by atoms with E-state index in [1.54, 1.807) is 12.3 Å². The van der Waals surface area contributed by atoms with Crippen LogP contribution in [0.5, 0.6) is 0 Å². The second kappa shape index (κ2) is 8.36. The molecular weight excluding hydrogens is 436 g/mol. The van der Waals surface area contributed by atoms with E-state index >= 15 is 0 Å². The molecule has 4 rings (SSSR count). The van der Waals surface area contributed by atoms with Crippen molar-refractivity contribution in [1.29, 1.82) is 0 Å². The largest absolute Gasteiger partial charge is 0.370 e. The van der Waals surface area contributed by atoms with Gasteiger partial charge in [-0.2, -0.15) is 0 Å². The molecule has 0 atom stereocenters. The van der Waals surface area contributed by atoms with Crippen LogP contribution < -0.4 is 10.2 Å². The fourth-order valence-corrected chi connectivity index (χ4v) is 4.66. The van der Waals surface area contributed by atoms with Gasteiger partial charge in [0.25, 0.3) is 5.91 Å². The van der Waals surface area contributed by atoms with Gasteiger partial charge in [0.15, 0.2) is 9.84 Å². The summed E-state index contributed by atoms with van der Waals surface area (Å²) in [5, 5.41) is 2.95. The van der Waals surface area contributed by atoms with Crippen molar-refractivity contribution in [3.05, 3.63) is 65.1 Å². The fraction of sp³-hybridized carbons (Fsp3) is 0.273. The number of hydrogen-bond acceptors (Lipinski definition) is 5. The molecule has 1 saturated heterocycles. The molecule has 1 N–H and O–H groups in total. The van der Waals surface area contributed by atoms with Crippen LogP contribution in [0.2, 0.25) is 5.02 Å². The van der Waals surface area contributed by atoms with E-state index in [1.165, 1.54) is 31.0 Å². The van der Waals surface area contributed by atoms with Gasteiger partial charge in [-0.1, -0.05) is 11.6 Å². The first kappa shape index (κ1) is 21.4. The predicted octanol–water partition coefficient (Wildman–Crippen LogP) is 4.09. The first-order chi connectivity index (χ1) is 14.7. The molecule has 162 valence electrons. The number of sulfone groups is 1. The molecule has 0 bridgehead atoms. The number of aromatic nitrogens is 2. The van der Waals surface area contributed by atoms with Crippen molar-refractivity contribution in [2.24, 2.45) is 0 Å². The number of anilines is 2. The van der Waals surface area contributed by atoms with Crippen LogP contribution in [0.15, 0.2) is 53.7 Å². The van der Waals surface area contributed by atoms with Crippen LogP contribution in [-0.2, 0) is 9.84 Å². The predicted molar refractivity (Wildman–Crippen MR) is 122 cm³/mol. The van der Waals surface area contributed by atoms with Crippen LogP contribution in [-0.4, -0.2) is 43.2 Å². The van der Waals surface area contributed by atoms with Crippen molar-refractivity contribution < 1.29 is 13.2 Å². The Morgan fingerprint density at radius 3 is 2.52 bits per heavy atom. The number of nitrogens with one attached hydrogen (secondary N) is 1. The number of aryl methyl sites for hydroxylation is 1. The highest BCUT2D eigenvalue weighted by Gasteiger charge is 2.16. The van der Waals surface area contributed by atoms with Gasteiger partial charge < -0.3 is 14.8 Å². The number of benzene rings is 1. The summed E-state index contributed by atoms with van der Waals surface area (Å²) in [5.41, 5.74) is 2.71. The Hall–Kier alpha value is -2.84. The smallest absolute Gasteiger partial charge is 0.257 e. The van der Waals surface area contributed by atoms with Crippen LogP contribution in [0.4, 0.5) is 11.4 Å². The van der Waals surface area contributed by atoms with Gasteiger partial charge in [0.05, 0.1) is 22.3 Å². The molecule has 1 amide bonds. The zero-order chi connectivity index (χ0) is 22.2. The fourth-order valence-electron chi connectivity index (χ4n) is 3.68. The van der Waals surface area contributed by atoms with Crippen molar-refractivity contribution >= 4 is 38.7 Å². The summed E-state index contributed by atoms with van der Waals surface area (Å²) in [4.78, 5) is 19.7. The second-order valence-corrected chi connectivity index (χ2v) is 10.2. The van der Waals surface area contributed by atoms with Crippen LogP contribution in [0.1, 0.15) is 28.9 Å². The molecule has 0 saturated carbocycles. The molecule has 0 spiro atoms. The maximum Gasteiger partial charge on any atom is 0.257 e. The van der Waals surface area contributed by atoms with E-state index in [0.29, 0.717) is 11.3 Å². The van der Waals surface area contributed by atoms with E-state index in [1.807, 2.05) is 29.8 Å². The summed E-state index contributed by atoms with van der Waals surface area (Å²) in [7, 11) is -3.45. The minimum Gasteiger partial charge on any atom is -0.370 e. The lowest BCUT2D eigenvalue weighted by molar-refractivity contribution is 0.102. The molecule has 1 fully saturated rings. The zero-order valence-electron chi connectivity index (χ0n) is 17.3. The number of hydrogen-bond donors (Lipinski definition) is 1. The maximum atomic E-state index is 12.8. The molecule has 31 heavy (non-hydrogen) atoms. The van der Waals surface area contributed by atoms with Crippen LogP contribution in [0.3, 0.4) is 0 Å². The molecule has 3 aromatic rings. The molecule has 3 heterocycles. The zero-order valence-corrected chi connectivity index (χ0v) is 18.9. The molecule has 1 aromatic carbocycles. The number of halogens is 1. The summed E-state index contributed by atoms with van der Waals surface area (Å²) in [5.74, 6) is 0.360. The van der Waals surface area contributed by atoms with Gasteiger partial charge in [-0.15, -0.1) is 0 Å². The average molecular weight is 459 g/mol. The molecule has 2 aromatic heterocycles. The Morgan fingerprint density at radius 2 is 1.87 bits per heavy atom. The quantitative estimate of drug-likeness (QED) is 0.622. The van der Waals surface area contributed by atoms with Crippen LogP contribution in [0, 0.1) is 6.92 Å². The first-order valence-corrected chi connectivity index (χ1v) is 12.2. The highest BCUT2D eigenvalue weighted by molar-refractivity contribution is 7.90. The third-order valence-electron chi connectivity index (χ3n) is 5.28. The monoisotopic (exact) mass is 458 g/mol. The van der Waals surface area contributed by atoms with E-state index in [-0.39, 0.29) is 15.8 Å². The number of pyridine rings is 1. The van der Waals surface area contributed by atoms with E-state index in [0.717, 1.165) is 36.5 Å². The summed E-state index contributed by atoms with van der Waals surface area (Å²) in [6, 6.07) is 10.00. The topological polar surface area (TPSA) is 84.3 Å². The Bertz CT molecular complexity index is 1230. The molecule has 1 aliphatic heterocycles. The van der Waals surface area contributed by atoms with E-state index < -0.39 is 9.84 Å². The standard InChI is InChI=1S/C22H23ClN4O3S/c1-15-9-16(22(28)25-18-10-17(23)11-20(12-18)31(2,29)30)14-27(15)21-6-5-19(13-24-21)26-7-3-4-8-26/h5-6,9-14H,3-4,7-8H2,1-2H3,(H,25,28). The number of rotatable bonds is 5. The van der Waals surface area contributed by atoms with E-state index in [4.69, 9.17) is 11.6 Å². The first-order valence-electron chi connectivity index (χ1n) is 9.93. The van der Waals surface area contributed by atoms with Gasteiger partial charge in [-0.25, -0.2) is 13.4 Å². The average Bonchev–Trinajstić information content (AvgIpc) is 3.37.